The third-order valence-electron chi connectivity index (χ3n) is 4.52. The van der Waals surface area contributed by atoms with Crippen LogP contribution in [-0.4, -0.2) is 22.8 Å². The summed E-state index contributed by atoms with van der Waals surface area (Å²) in [7, 11) is 1.59. The fourth-order valence-electron chi connectivity index (χ4n) is 2.99. The van der Waals surface area contributed by atoms with E-state index in [0.717, 1.165) is 5.56 Å². The molecule has 3 aromatic rings. The van der Waals surface area contributed by atoms with Crippen LogP contribution in [-0.2, 0) is 11.2 Å². The first kappa shape index (κ1) is 20.3. The summed E-state index contributed by atoms with van der Waals surface area (Å²) in [5.41, 5.74) is 2.19. The number of benzene rings is 2. The molecule has 6 nitrogen and oxygen atoms in total. The third kappa shape index (κ3) is 4.87. The lowest BCUT2D eigenvalue weighted by Crippen LogP contribution is -2.35. The topological polar surface area (TPSA) is 73.2 Å². The van der Waals surface area contributed by atoms with Crippen molar-refractivity contribution in [1.29, 1.82) is 0 Å². The Labute approximate surface area is 168 Å². The van der Waals surface area contributed by atoms with Crippen LogP contribution in [0.1, 0.15) is 29.8 Å². The fourth-order valence-corrected chi connectivity index (χ4v) is 2.99. The van der Waals surface area contributed by atoms with Gasteiger partial charge in [-0.25, -0.2) is 9.07 Å². The molecular weight excluding hydrogens is 373 g/mol. The number of ether oxygens (including phenoxy) is 1. The van der Waals surface area contributed by atoms with Crippen molar-refractivity contribution in [1.82, 2.24) is 9.78 Å². The summed E-state index contributed by atoms with van der Waals surface area (Å²) in [5, 5.41) is 6.92. The van der Waals surface area contributed by atoms with Crippen LogP contribution in [0.4, 0.5) is 10.1 Å². The smallest absolute Gasteiger partial charge is 0.271 e. The molecule has 1 atom stereocenters. The number of methoxy groups -OCH3 is 1. The molecule has 1 aromatic heterocycles. The molecule has 1 amide bonds. The molecule has 1 heterocycles. The van der Waals surface area contributed by atoms with Gasteiger partial charge in [-0.3, -0.25) is 9.59 Å². The first-order valence-electron chi connectivity index (χ1n) is 9.16. The second kappa shape index (κ2) is 8.68. The summed E-state index contributed by atoms with van der Waals surface area (Å²) in [6.07, 6.45) is 0.395. The summed E-state index contributed by atoms with van der Waals surface area (Å²) in [6.45, 7) is 3.37. The van der Waals surface area contributed by atoms with Gasteiger partial charge in [-0.1, -0.05) is 12.1 Å². The van der Waals surface area contributed by atoms with E-state index in [1.165, 1.54) is 28.9 Å². The number of carbonyl (C=O) groups excluding carboxylic acids is 1. The number of rotatable bonds is 6. The van der Waals surface area contributed by atoms with Gasteiger partial charge < -0.3 is 10.1 Å². The van der Waals surface area contributed by atoms with Crippen molar-refractivity contribution in [3.63, 3.8) is 0 Å². The molecule has 0 fully saturated rings. The van der Waals surface area contributed by atoms with Gasteiger partial charge in [0.1, 0.15) is 17.6 Å². The van der Waals surface area contributed by atoms with E-state index in [4.69, 9.17) is 4.74 Å². The number of hydrogen-bond acceptors (Lipinski definition) is 4. The minimum absolute atomic E-state index is 0.333. The summed E-state index contributed by atoms with van der Waals surface area (Å²) in [4.78, 5) is 25.6. The number of anilines is 1. The first-order chi connectivity index (χ1) is 13.9. The van der Waals surface area contributed by atoms with Crippen LogP contribution < -0.4 is 15.6 Å². The predicted molar refractivity (Wildman–Crippen MR) is 109 cm³/mol. The summed E-state index contributed by atoms with van der Waals surface area (Å²) < 4.78 is 19.5. The molecule has 3 rings (SSSR count). The van der Waals surface area contributed by atoms with Crippen molar-refractivity contribution < 1.29 is 13.9 Å². The van der Waals surface area contributed by atoms with Crippen LogP contribution in [0.25, 0.3) is 0 Å². The van der Waals surface area contributed by atoms with E-state index in [0.29, 0.717) is 29.1 Å². The monoisotopic (exact) mass is 395 g/mol. The van der Waals surface area contributed by atoms with E-state index in [2.05, 4.69) is 10.4 Å². The van der Waals surface area contributed by atoms with Gasteiger partial charge in [-0.05, 0) is 61.9 Å². The van der Waals surface area contributed by atoms with Crippen molar-refractivity contribution in [3.05, 3.63) is 87.6 Å². The Hall–Kier alpha value is -3.48. The second-order valence-electron chi connectivity index (χ2n) is 6.76. The molecule has 0 spiro atoms. The molecule has 0 aliphatic rings. The molecular formula is C22H22FN3O3. The Morgan fingerprint density at radius 3 is 2.62 bits per heavy atom. The van der Waals surface area contributed by atoms with Crippen molar-refractivity contribution in [2.75, 3.05) is 12.4 Å². The van der Waals surface area contributed by atoms with Gasteiger partial charge >= 0.3 is 0 Å². The molecule has 0 aliphatic heterocycles. The van der Waals surface area contributed by atoms with Gasteiger partial charge in [0.2, 0.25) is 5.91 Å². The number of aromatic nitrogens is 2. The molecule has 2 aromatic carbocycles. The number of carbonyl (C=O) groups is 1. The van der Waals surface area contributed by atoms with Gasteiger partial charge in [-0.2, -0.15) is 5.10 Å². The molecule has 0 saturated heterocycles. The highest BCUT2D eigenvalue weighted by Crippen LogP contribution is 2.16. The second-order valence-corrected chi connectivity index (χ2v) is 6.76. The minimum Gasteiger partial charge on any atom is -0.497 e. The highest BCUT2D eigenvalue weighted by molar-refractivity contribution is 5.93. The predicted octanol–water partition coefficient (Wildman–Crippen LogP) is 3.49. The van der Waals surface area contributed by atoms with E-state index < -0.39 is 17.8 Å². The zero-order valence-electron chi connectivity index (χ0n) is 16.5. The Kier molecular flexibility index (Phi) is 6.07. The summed E-state index contributed by atoms with van der Waals surface area (Å²) in [6, 6.07) is 13.8. The highest BCUT2D eigenvalue weighted by Gasteiger charge is 2.20. The standard InChI is InChI=1S/C22H22FN3O3/c1-14-11-17(12-16-5-4-6-20(13-16)29-3)22(28)26(25-14)15(2)21(27)24-19-9-7-18(23)8-10-19/h4-11,13,15H,12H2,1-3H3,(H,24,27). The van der Waals surface area contributed by atoms with E-state index in [1.807, 2.05) is 24.3 Å². The van der Waals surface area contributed by atoms with Gasteiger partial charge in [0.15, 0.2) is 0 Å². The van der Waals surface area contributed by atoms with E-state index in [-0.39, 0.29) is 5.56 Å². The SMILES string of the molecule is COc1cccc(Cc2cc(C)nn(C(C)C(=O)Nc3ccc(F)cc3)c2=O)c1. The van der Waals surface area contributed by atoms with Gasteiger partial charge in [0.05, 0.1) is 12.8 Å². The lowest BCUT2D eigenvalue weighted by Gasteiger charge is -2.16. The minimum atomic E-state index is -0.837. The Morgan fingerprint density at radius 2 is 1.93 bits per heavy atom. The van der Waals surface area contributed by atoms with Crippen molar-refractivity contribution >= 4 is 11.6 Å². The third-order valence-corrected chi connectivity index (χ3v) is 4.52. The molecule has 0 aliphatic carbocycles. The Morgan fingerprint density at radius 1 is 1.21 bits per heavy atom. The number of amides is 1. The Bertz CT molecular complexity index is 1080. The number of halogens is 1. The van der Waals surface area contributed by atoms with E-state index >= 15 is 0 Å². The van der Waals surface area contributed by atoms with Crippen molar-refractivity contribution in [2.24, 2.45) is 0 Å². The van der Waals surface area contributed by atoms with Gasteiger partial charge in [0.25, 0.3) is 5.56 Å². The average Bonchev–Trinajstić information content (AvgIpc) is 2.71. The first-order valence-corrected chi connectivity index (χ1v) is 9.16. The van der Waals surface area contributed by atoms with Crippen LogP contribution in [0.5, 0.6) is 5.75 Å². The highest BCUT2D eigenvalue weighted by atomic mass is 19.1. The molecule has 7 heteroatoms. The van der Waals surface area contributed by atoms with Crippen molar-refractivity contribution in [2.45, 2.75) is 26.3 Å². The number of nitrogens with one attached hydrogen (secondary N) is 1. The molecule has 0 bridgehead atoms. The van der Waals surface area contributed by atoms with E-state index in [1.54, 1.807) is 27.0 Å². The number of hydrogen-bond donors (Lipinski definition) is 1. The summed E-state index contributed by atoms with van der Waals surface area (Å²) >= 11 is 0. The van der Waals surface area contributed by atoms with Crippen LogP contribution in [0.3, 0.4) is 0 Å². The molecule has 150 valence electrons. The maximum Gasteiger partial charge on any atom is 0.271 e. The molecule has 1 N–H and O–H groups in total. The number of nitrogens with zero attached hydrogens (tertiary/aromatic N) is 2. The molecule has 29 heavy (non-hydrogen) atoms. The normalized spacial score (nSPS) is 11.7. The Balaban J connectivity index is 1.86. The van der Waals surface area contributed by atoms with E-state index in [9.17, 15) is 14.0 Å². The quantitative estimate of drug-likeness (QED) is 0.693. The maximum absolute atomic E-state index is 13.0. The van der Waals surface area contributed by atoms with Crippen LogP contribution in [0, 0.1) is 12.7 Å². The lowest BCUT2D eigenvalue weighted by molar-refractivity contribution is -0.119. The van der Waals surface area contributed by atoms with Crippen LogP contribution >= 0.6 is 0 Å². The zero-order chi connectivity index (χ0) is 21.0. The van der Waals surface area contributed by atoms with Crippen molar-refractivity contribution in [3.8, 4) is 5.75 Å². The average molecular weight is 395 g/mol. The molecule has 0 radical (unpaired) electrons. The summed E-state index contributed by atoms with van der Waals surface area (Å²) in [5.74, 6) is -0.0976. The maximum atomic E-state index is 13.0. The molecule has 1 unspecified atom stereocenters. The fraction of sp³-hybridized carbons (Fsp3) is 0.227. The largest absolute Gasteiger partial charge is 0.497 e. The molecule has 0 saturated carbocycles. The van der Waals surface area contributed by atoms with Gasteiger partial charge in [-0.15, -0.1) is 0 Å². The van der Waals surface area contributed by atoms with Crippen LogP contribution in [0.15, 0.2) is 59.4 Å². The lowest BCUT2D eigenvalue weighted by atomic mass is 10.1. The zero-order valence-corrected chi connectivity index (χ0v) is 16.5. The van der Waals surface area contributed by atoms with Crippen LogP contribution in [0.2, 0.25) is 0 Å². The number of aryl methyl sites for hydroxylation is 1. The van der Waals surface area contributed by atoms with Gasteiger partial charge in [0, 0.05) is 17.7 Å².